The molecule has 2 aliphatic carbocycles. The van der Waals surface area contributed by atoms with Crippen LogP contribution in [0.25, 0.3) is 54.1 Å². The highest BCUT2D eigenvalue weighted by molar-refractivity contribution is 7.19. The van der Waals surface area contributed by atoms with Gasteiger partial charge in [-0.3, -0.25) is 0 Å². The van der Waals surface area contributed by atoms with Crippen LogP contribution in [-0.2, 0) is 0 Å². The average molecular weight is 512 g/mol. The van der Waals surface area contributed by atoms with Gasteiger partial charge < -0.3 is 0 Å². The lowest BCUT2D eigenvalue weighted by atomic mass is 9.89. The number of para-hydroxylation sites is 1. The van der Waals surface area contributed by atoms with Crippen LogP contribution < -0.4 is 0 Å². The van der Waals surface area contributed by atoms with Crippen LogP contribution >= 0.6 is 11.3 Å². The van der Waals surface area contributed by atoms with Gasteiger partial charge in [-0.1, -0.05) is 115 Å². The van der Waals surface area contributed by atoms with Crippen molar-refractivity contribution in [3.8, 4) is 0 Å². The Labute approximate surface area is 230 Å². The maximum Gasteiger partial charge on any atom is 0.125 e. The van der Waals surface area contributed by atoms with Crippen LogP contribution in [0.4, 0.5) is 0 Å². The van der Waals surface area contributed by atoms with Crippen molar-refractivity contribution in [2.24, 2.45) is 0 Å². The molecular formula is C37H21NS. The summed E-state index contributed by atoms with van der Waals surface area (Å²) in [7, 11) is 0. The van der Waals surface area contributed by atoms with Crippen molar-refractivity contribution in [1.82, 2.24) is 4.98 Å². The van der Waals surface area contributed by atoms with Gasteiger partial charge >= 0.3 is 0 Å². The van der Waals surface area contributed by atoms with Gasteiger partial charge in [0.1, 0.15) is 5.01 Å². The molecule has 0 aliphatic heterocycles. The highest BCUT2D eigenvalue weighted by Gasteiger charge is 2.39. The molecule has 1 aromatic heterocycles. The van der Waals surface area contributed by atoms with Gasteiger partial charge in [-0.2, -0.15) is 0 Å². The molecule has 2 aliphatic rings. The van der Waals surface area contributed by atoms with Crippen molar-refractivity contribution in [3.63, 3.8) is 0 Å². The summed E-state index contributed by atoms with van der Waals surface area (Å²) >= 11 is 1.80. The first-order chi connectivity index (χ1) is 19.4. The molecule has 0 spiro atoms. The first-order valence-electron chi connectivity index (χ1n) is 13.3. The minimum Gasteiger partial charge on any atom is -0.236 e. The summed E-state index contributed by atoms with van der Waals surface area (Å²) in [6.45, 7) is 0. The van der Waals surface area contributed by atoms with E-state index >= 15 is 0 Å². The monoisotopic (exact) mass is 511 g/mol. The zero-order valence-corrected chi connectivity index (χ0v) is 21.8. The van der Waals surface area contributed by atoms with E-state index in [1.54, 1.807) is 11.3 Å². The predicted molar refractivity (Wildman–Crippen MR) is 166 cm³/mol. The molecule has 0 saturated heterocycles. The van der Waals surface area contributed by atoms with Gasteiger partial charge in [0.05, 0.1) is 10.2 Å². The molecule has 9 rings (SSSR count). The maximum atomic E-state index is 5.23. The highest BCUT2D eigenvalue weighted by atomic mass is 32.1. The smallest absolute Gasteiger partial charge is 0.125 e. The SMILES string of the molecule is c1ccc(C2=C3C(=C(c4nc5ccccc5s4)c4c3ccc3ccccc43)c3ccc4ccccc4c32)cc1. The van der Waals surface area contributed by atoms with Crippen molar-refractivity contribution in [3.05, 3.63) is 160 Å². The molecule has 0 bridgehead atoms. The van der Waals surface area contributed by atoms with Crippen LogP contribution in [-0.4, -0.2) is 4.98 Å². The van der Waals surface area contributed by atoms with Crippen molar-refractivity contribution < 1.29 is 0 Å². The van der Waals surface area contributed by atoms with Crippen LogP contribution in [0.2, 0.25) is 0 Å². The number of benzene rings is 6. The number of rotatable bonds is 2. The molecule has 6 aromatic carbocycles. The van der Waals surface area contributed by atoms with E-state index in [1.165, 1.54) is 76.4 Å². The summed E-state index contributed by atoms with van der Waals surface area (Å²) < 4.78 is 1.22. The maximum absolute atomic E-state index is 5.23. The van der Waals surface area contributed by atoms with E-state index in [-0.39, 0.29) is 0 Å². The van der Waals surface area contributed by atoms with Crippen LogP contribution in [0, 0.1) is 0 Å². The molecule has 180 valence electrons. The summed E-state index contributed by atoms with van der Waals surface area (Å²) in [4.78, 5) is 5.23. The molecule has 7 aromatic rings. The van der Waals surface area contributed by atoms with Crippen molar-refractivity contribution >= 4 is 65.4 Å². The number of aromatic nitrogens is 1. The molecule has 0 radical (unpaired) electrons. The van der Waals surface area contributed by atoms with Crippen molar-refractivity contribution in [1.29, 1.82) is 0 Å². The third-order valence-electron chi connectivity index (χ3n) is 8.22. The van der Waals surface area contributed by atoms with Gasteiger partial charge in [-0.15, -0.1) is 11.3 Å². The standard InChI is InChI=1S/C37H21NS/c1-2-12-24(13-3-1)31-32-25-14-6-4-10-22(25)18-20-27(32)35-34(31)28-21-19-23-11-5-7-15-26(23)33(28)36(35)37-38-29-16-8-9-17-30(29)39-37/h1-21H. The average Bonchev–Trinajstić information content (AvgIpc) is 3.67. The van der Waals surface area contributed by atoms with E-state index in [9.17, 15) is 0 Å². The molecule has 0 N–H and O–H groups in total. The lowest BCUT2D eigenvalue weighted by Crippen LogP contribution is -1.94. The second-order valence-corrected chi connectivity index (χ2v) is 11.3. The predicted octanol–water partition coefficient (Wildman–Crippen LogP) is 9.85. The summed E-state index contributed by atoms with van der Waals surface area (Å²) in [6, 6.07) is 46.2. The molecule has 0 saturated carbocycles. The second-order valence-electron chi connectivity index (χ2n) is 10.3. The van der Waals surface area contributed by atoms with E-state index < -0.39 is 0 Å². The van der Waals surface area contributed by atoms with Gasteiger partial charge in [-0.25, -0.2) is 4.98 Å². The Morgan fingerprint density at radius 3 is 1.69 bits per heavy atom. The summed E-state index contributed by atoms with van der Waals surface area (Å²) in [5.74, 6) is 0. The minimum atomic E-state index is 1.06. The third kappa shape index (κ3) is 2.87. The first kappa shape index (κ1) is 21.2. The van der Waals surface area contributed by atoms with Crippen LogP contribution in [0.1, 0.15) is 32.8 Å². The summed E-state index contributed by atoms with van der Waals surface area (Å²) in [5.41, 5.74) is 12.8. The fourth-order valence-electron chi connectivity index (χ4n) is 6.62. The van der Waals surface area contributed by atoms with Crippen LogP contribution in [0.5, 0.6) is 0 Å². The Morgan fingerprint density at radius 2 is 1.00 bits per heavy atom. The molecule has 1 heterocycles. The Bertz CT molecular complexity index is 2180. The number of hydrogen-bond acceptors (Lipinski definition) is 2. The number of fused-ring (bicyclic) bond motifs is 10. The molecular weight excluding hydrogens is 490 g/mol. The molecule has 2 heteroatoms. The Kier molecular flexibility index (Phi) is 4.27. The van der Waals surface area contributed by atoms with Gasteiger partial charge in [0.2, 0.25) is 0 Å². The summed E-state index contributed by atoms with van der Waals surface area (Å²) in [6.07, 6.45) is 0. The number of allylic oxidation sites excluding steroid dienone is 2. The van der Waals surface area contributed by atoms with Gasteiger partial charge in [-0.05, 0) is 67.1 Å². The molecule has 1 nitrogen and oxygen atoms in total. The fourth-order valence-corrected chi connectivity index (χ4v) is 7.65. The number of hydrogen-bond donors (Lipinski definition) is 0. The Balaban J connectivity index is 1.51. The molecule has 39 heavy (non-hydrogen) atoms. The van der Waals surface area contributed by atoms with E-state index in [4.69, 9.17) is 4.98 Å². The molecule has 0 fully saturated rings. The van der Waals surface area contributed by atoms with Crippen molar-refractivity contribution in [2.45, 2.75) is 0 Å². The zero-order valence-electron chi connectivity index (χ0n) is 21.0. The zero-order chi connectivity index (χ0) is 25.5. The molecule has 0 amide bonds. The van der Waals surface area contributed by atoms with Gasteiger partial charge in [0.15, 0.2) is 0 Å². The second kappa shape index (κ2) is 7.86. The highest BCUT2D eigenvalue weighted by Crippen LogP contribution is 2.61. The van der Waals surface area contributed by atoms with E-state index in [0.29, 0.717) is 0 Å². The molecule has 0 atom stereocenters. The van der Waals surface area contributed by atoms with Gasteiger partial charge in [0.25, 0.3) is 0 Å². The number of nitrogens with zero attached hydrogens (tertiary/aromatic N) is 1. The van der Waals surface area contributed by atoms with E-state index in [0.717, 1.165) is 10.5 Å². The summed E-state index contributed by atoms with van der Waals surface area (Å²) in [5, 5.41) is 6.21. The third-order valence-corrected chi connectivity index (χ3v) is 9.27. The topological polar surface area (TPSA) is 12.9 Å². The number of thiazole rings is 1. The lowest BCUT2D eigenvalue weighted by molar-refractivity contribution is 1.43. The Hall–Kier alpha value is -4.79. The van der Waals surface area contributed by atoms with E-state index in [1.807, 2.05) is 0 Å². The minimum absolute atomic E-state index is 1.06. The van der Waals surface area contributed by atoms with E-state index in [2.05, 4.69) is 127 Å². The molecule has 0 unspecified atom stereocenters. The van der Waals surface area contributed by atoms with Crippen LogP contribution in [0.15, 0.2) is 127 Å². The fraction of sp³-hybridized carbons (Fsp3) is 0. The van der Waals surface area contributed by atoms with Gasteiger partial charge in [0, 0.05) is 16.7 Å². The van der Waals surface area contributed by atoms with Crippen molar-refractivity contribution in [2.75, 3.05) is 0 Å². The largest absolute Gasteiger partial charge is 0.236 e. The normalized spacial score (nSPS) is 13.9. The quantitative estimate of drug-likeness (QED) is 0.225. The first-order valence-corrected chi connectivity index (χ1v) is 14.1. The Morgan fingerprint density at radius 1 is 0.436 bits per heavy atom. The lowest BCUT2D eigenvalue weighted by Gasteiger charge is -2.14. The van der Waals surface area contributed by atoms with Crippen LogP contribution in [0.3, 0.4) is 0 Å².